The van der Waals surface area contributed by atoms with E-state index in [9.17, 15) is 35.9 Å². The van der Waals surface area contributed by atoms with Gasteiger partial charge < -0.3 is 0 Å². The Kier molecular flexibility index (Phi) is 5.11. The van der Waals surface area contributed by atoms with Gasteiger partial charge in [0.05, 0.1) is 22.9 Å². The van der Waals surface area contributed by atoms with Gasteiger partial charge in [-0.2, -0.15) is 31.4 Å². The average Bonchev–Trinajstić information content (AvgIpc) is 3.07. The van der Waals surface area contributed by atoms with E-state index in [0.29, 0.717) is 4.68 Å². The fraction of sp³-hybridized carbons (Fsp3) is 0.333. The predicted octanol–water partition coefficient (Wildman–Crippen LogP) is 3.77. The van der Waals surface area contributed by atoms with Crippen LogP contribution in [0.15, 0.2) is 35.5 Å². The number of carbonyl (C=O) groups is 1. The van der Waals surface area contributed by atoms with E-state index in [1.807, 2.05) is 5.43 Å². The van der Waals surface area contributed by atoms with Gasteiger partial charge in [0.25, 0.3) is 11.5 Å². The molecule has 3 aromatic rings. The van der Waals surface area contributed by atoms with Crippen molar-refractivity contribution in [2.75, 3.05) is 5.43 Å². The molecule has 0 saturated carbocycles. The Hall–Kier alpha value is -3.38. The molecule has 31 heavy (non-hydrogen) atoms. The number of amides is 1. The van der Waals surface area contributed by atoms with Gasteiger partial charge in [0.1, 0.15) is 11.7 Å². The molecule has 0 radical (unpaired) electrons. The van der Waals surface area contributed by atoms with E-state index < -0.39 is 46.0 Å². The first-order valence-electron chi connectivity index (χ1n) is 8.66. The summed E-state index contributed by atoms with van der Waals surface area (Å²) in [7, 11) is 0. The fourth-order valence-electron chi connectivity index (χ4n) is 2.74. The summed E-state index contributed by atoms with van der Waals surface area (Å²) < 4.78 is 80.0. The summed E-state index contributed by atoms with van der Waals surface area (Å²) in [5.74, 6) is -1.36. The molecule has 0 aliphatic heterocycles. The van der Waals surface area contributed by atoms with Gasteiger partial charge in [0, 0.05) is 5.56 Å². The van der Waals surface area contributed by atoms with E-state index in [4.69, 9.17) is 0 Å². The lowest BCUT2D eigenvalue weighted by molar-refractivity contribution is -0.143. The minimum absolute atomic E-state index is 0.00209. The number of alkyl halides is 6. The zero-order chi connectivity index (χ0) is 23.4. The highest BCUT2D eigenvalue weighted by Crippen LogP contribution is 2.36. The van der Waals surface area contributed by atoms with Gasteiger partial charge in [-0.3, -0.25) is 15.0 Å². The van der Waals surface area contributed by atoms with Crippen LogP contribution in [0, 0.1) is 0 Å². The van der Waals surface area contributed by atoms with Crippen molar-refractivity contribution in [2.24, 2.45) is 0 Å². The predicted molar refractivity (Wildman–Crippen MR) is 96.9 cm³/mol. The highest BCUT2D eigenvalue weighted by atomic mass is 19.4. The molecule has 3 rings (SSSR count). The van der Waals surface area contributed by atoms with Crippen molar-refractivity contribution in [3.8, 4) is 0 Å². The normalized spacial score (nSPS) is 12.9. The summed E-state index contributed by atoms with van der Waals surface area (Å²) >= 11 is 0. The summed E-state index contributed by atoms with van der Waals surface area (Å²) in [6.45, 7) is 5.42. The van der Waals surface area contributed by atoms with E-state index in [1.165, 1.54) is 10.9 Å². The Bertz CT molecular complexity index is 1190. The number of halogens is 6. The number of nitrogens with one attached hydrogen (secondary N) is 1. The van der Waals surface area contributed by atoms with Crippen molar-refractivity contribution in [1.82, 2.24) is 19.4 Å². The van der Waals surface area contributed by atoms with E-state index >= 15 is 0 Å². The first kappa shape index (κ1) is 22.3. The van der Waals surface area contributed by atoms with Crippen molar-refractivity contribution in [3.63, 3.8) is 0 Å². The minimum atomic E-state index is -5.12. The summed E-state index contributed by atoms with van der Waals surface area (Å²) in [6.07, 6.45) is -8.14. The molecule has 1 amide bonds. The third-order valence-electron chi connectivity index (χ3n) is 4.20. The van der Waals surface area contributed by atoms with Gasteiger partial charge in [-0.25, -0.2) is 14.3 Å². The highest BCUT2D eigenvalue weighted by molar-refractivity contribution is 6.00. The molecule has 2 aromatic heterocycles. The van der Waals surface area contributed by atoms with Crippen molar-refractivity contribution >= 4 is 16.9 Å². The Labute approximate surface area is 170 Å². The van der Waals surface area contributed by atoms with Crippen molar-refractivity contribution in [2.45, 2.75) is 38.7 Å². The van der Waals surface area contributed by atoms with Gasteiger partial charge in [-0.1, -0.05) is 0 Å². The molecule has 2 heterocycles. The van der Waals surface area contributed by atoms with Crippen LogP contribution in [-0.2, 0) is 17.9 Å². The Morgan fingerprint density at radius 1 is 0.968 bits per heavy atom. The smallest absolute Gasteiger partial charge is 0.267 e. The summed E-state index contributed by atoms with van der Waals surface area (Å²) in [4.78, 5) is 29.0. The van der Waals surface area contributed by atoms with Gasteiger partial charge >= 0.3 is 12.4 Å². The van der Waals surface area contributed by atoms with Crippen LogP contribution in [0.4, 0.5) is 26.3 Å². The molecule has 166 valence electrons. The van der Waals surface area contributed by atoms with Crippen molar-refractivity contribution < 1.29 is 31.1 Å². The third-order valence-corrected chi connectivity index (χ3v) is 4.20. The van der Waals surface area contributed by atoms with E-state index in [-0.39, 0.29) is 29.2 Å². The minimum Gasteiger partial charge on any atom is -0.267 e. The monoisotopic (exact) mass is 447 g/mol. The third kappa shape index (κ3) is 4.39. The lowest BCUT2D eigenvalue weighted by atomic mass is 10.0. The van der Waals surface area contributed by atoms with Gasteiger partial charge in [-0.05, 0) is 39.0 Å². The van der Waals surface area contributed by atoms with E-state index in [2.05, 4.69) is 10.1 Å². The molecule has 13 heteroatoms. The molecule has 0 saturated heterocycles. The van der Waals surface area contributed by atoms with Crippen LogP contribution in [0.1, 0.15) is 42.3 Å². The van der Waals surface area contributed by atoms with Crippen LogP contribution < -0.4 is 11.0 Å². The Balaban J connectivity index is 2.03. The summed E-state index contributed by atoms with van der Waals surface area (Å²) in [6, 6.07) is 0.426. The van der Waals surface area contributed by atoms with Gasteiger partial charge in [0.2, 0.25) is 0 Å². The number of nitrogens with zero attached hydrogens (tertiary/aromatic N) is 4. The maximum absolute atomic E-state index is 13.0. The number of benzene rings is 1. The Morgan fingerprint density at radius 2 is 1.52 bits per heavy atom. The van der Waals surface area contributed by atoms with Crippen LogP contribution in [0.2, 0.25) is 0 Å². The van der Waals surface area contributed by atoms with Crippen LogP contribution in [0.3, 0.4) is 0 Å². The van der Waals surface area contributed by atoms with Gasteiger partial charge in [-0.15, -0.1) is 0 Å². The maximum atomic E-state index is 13.0. The second kappa shape index (κ2) is 7.10. The molecule has 1 N–H and O–H groups in total. The molecule has 7 nitrogen and oxygen atoms in total. The number of rotatable bonds is 2. The first-order chi connectivity index (χ1) is 14.1. The molecule has 0 unspecified atom stereocenters. The molecule has 0 atom stereocenters. The van der Waals surface area contributed by atoms with Crippen LogP contribution >= 0.6 is 0 Å². The van der Waals surface area contributed by atoms with Crippen LogP contribution in [-0.4, -0.2) is 25.3 Å². The average molecular weight is 447 g/mol. The Morgan fingerprint density at radius 3 is 2.00 bits per heavy atom. The number of hydrogen-bond donors (Lipinski definition) is 1. The van der Waals surface area contributed by atoms with Gasteiger partial charge in [0.15, 0.2) is 5.65 Å². The number of carbonyl (C=O) groups excluding carboxylic acids is 1. The zero-order valence-electron chi connectivity index (χ0n) is 16.3. The zero-order valence-corrected chi connectivity index (χ0v) is 16.3. The van der Waals surface area contributed by atoms with E-state index in [0.717, 1.165) is 6.33 Å². The second-order valence-electron chi connectivity index (χ2n) is 7.62. The van der Waals surface area contributed by atoms with E-state index in [1.54, 1.807) is 20.8 Å². The summed E-state index contributed by atoms with van der Waals surface area (Å²) in [5.41, 5.74) is -3.42. The quantitative estimate of drug-likeness (QED) is 0.607. The lowest BCUT2D eigenvalue weighted by Crippen LogP contribution is -2.34. The molecule has 0 aliphatic carbocycles. The van der Waals surface area contributed by atoms with Crippen LogP contribution in [0.5, 0.6) is 0 Å². The summed E-state index contributed by atoms with van der Waals surface area (Å²) in [5, 5.41) is 4.06. The number of hydrogen-bond acceptors (Lipinski definition) is 4. The fourth-order valence-corrected chi connectivity index (χ4v) is 2.74. The second-order valence-corrected chi connectivity index (χ2v) is 7.62. The van der Waals surface area contributed by atoms with Crippen LogP contribution in [0.25, 0.3) is 11.0 Å². The molecular formula is C18H15F6N5O2. The molecule has 1 aromatic carbocycles. The standard InChI is InChI=1S/C18H15F6N5O2/c1-16(2,3)29-13-12(7-26-29)15(31)28(8-25-13)27-14(30)9-4-10(17(19,20)21)6-11(5-9)18(22,23)24/h4-8H,1-3H3,(H,27,30). The molecule has 0 fully saturated rings. The van der Waals surface area contributed by atoms with Crippen molar-refractivity contribution in [1.29, 1.82) is 0 Å². The largest absolute Gasteiger partial charge is 0.416 e. The molecule has 0 spiro atoms. The number of aromatic nitrogens is 4. The molecule has 0 aliphatic rings. The highest BCUT2D eigenvalue weighted by Gasteiger charge is 2.37. The lowest BCUT2D eigenvalue weighted by Gasteiger charge is -2.19. The molecular weight excluding hydrogens is 432 g/mol. The topological polar surface area (TPSA) is 81.8 Å². The first-order valence-corrected chi connectivity index (χ1v) is 8.66. The van der Waals surface area contributed by atoms with Crippen molar-refractivity contribution in [3.05, 3.63) is 57.8 Å². The molecule has 0 bridgehead atoms. The maximum Gasteiger partial charge on any atom is 0.416 e. The SMILES string of the molecule is CC(C)(C)n1ncc2c(=O)n(NC(=O)c3cc(C(F)(F)F)cc(C(F)(F)F)c3)cnc21. The number of fused-ring (bicyclic) bond motifs is 1.